The lowest BCUT2D eigenvalue weighted by atomic mass is 10.1. The number of nitrogens with one attached hydrogen (secondary N) is 2. The Morgan fingerprint density at radius 3 is 2.44 bits per heavy atom. The van der Waals surface area contributed by atoms with E-state index in [0.717, 1.165) is 31.5 Å². The largest absolute Gasteiger partial charge is 0.483 e. The monoisotopic (exact) mass is 524 g/mol. The molecule has 0 spiro atoms. The van der Waals surface area contributed by atoms with Crippen molar-refractivity contribution in [1.29, 1.82) is 0 Å². The van der Waals surface area contributed by atoms with E-state index in [1.807, 2.05) is 48.7 Å². The fourth-order valence-corrected chi connectivity index (χ4v) is 5.76. The highest BCUT2D eigenvalue weighted by atomic mass is 32.2. The van der Waals surface area contributed by atoms with Crippen LogP contribution in [0.5, 0.6) is 5.75 Å². The van der Waals surface area contributed by atoms with E-state index in [0.29, 0.717) is 23.9 Å². The Bertz CT molecular complexity index is 1700. The number of carbonyl (C=O) groups is 1. The zero-order valence-electron chi connectivity index (χ0n) is 18.5. The molecular formula is C26H18F2N2O4S2. The van der Waals surface area contributed by atoms with Crippen molar-refractivity contribution in [2.45, 2.75) is 14.7 Å². The summed E-state index contributed by atoms with van der Waals surface area (Å²) in [5, 5.41) is 2.97. The van der Waals surface area contributed by atoms with E-state index in [1.165, 1.54) is 11.8 Å². The predicted molar refractivity (Wildman–Crippen MR) is 134 cm³/mol. The maximum atomic E-state index is 13.4. The SMILES string of the molecule is O=C(COc1cccc2[nH]cc(Sc3ccc4ccccc4c3)c12)NS(=O)(=O)c1cc(F)cc(F)c1. The quantitative estimate of drug-likeness (QED) is 0.288. The summed E-state index contributed by atoms with van der Waals surface area (Å²) < 4.78 is 58.9. The van der Waals surface area contributed by atoms with Crippen LogP contribution in [0, 0.1) is 11.6 Å². The topological polar surface area (TPSA) is 88.3 Å². The van der Waals surface area contributed by atoms with E-state index in [2.05, 4.69) is 11.1 Å². The van der Waals surface area contributed by atoms with Crippen molar-refractivity contribution in [3.63, 3.8) is 0 Å². The van der Waals surface area contributed by atoms with Gasteiger partial charge >= 0.3 is 0 Å². The minimum atomic E-state index is -4.48. The van der Waals surface area contributed by atoms with Crippen molar-refractivity contribution >= 4 is 49.4 Å². The van der Waals surface area contributed by atoms with E-state index in [1.54, 1.807) is 16.9 Å². The summed E-state index contributed by atoms with van der Waals surface area (Å²) in [6.45, 7) is -0.624. The van der Waals surface area contributed by atoms with E-state index < -0.39 is 39.1 Å². The summed E-state index contributed by atoms with van der Waals surface area (Å²) in [5.41, 5.74) is 0.777. The number of carbonyl (C=O) groups excluding carboxylic acids is 1. The number of aromatic amines is 1. The zero-order valence-corrected chi connectivity index (χ0v) is 20.1. The number of sulfonamides is 1. The molecule has 0 aliphatic heterocycles. The second kappa shape index (κ2) is 9.63. The van der Waals surface area contributed by atoms with Crippen LogP contribution in [0.15, 0.2) is 99.7 Å². The van der Waals surface area contributed by atoms with Crippen molar-refractivity contribution in [3.8, 4) is 5.75 Å². The Balaban J connectivity index is 1.34. The first-order valence-electron chi connectivity index (χ1n) is 10.7. The van der Waals surface area contributed by atoms with Crippen LogP contribution >= 0.6 is 11.8 Å². The molecule has 0 unspecified atom stereocenters. The molecule has 182 valence electrons. The number of rotatable bonds is 7. The summed E-state index contributed by atoms with van der Waals surface area (Å²) >= 11 is 1.52. The fraction of sp³-hybridized carbons (Fsp3) is 0.0385. The van der Waals surface area contributed by atoms with Gasteiger partial charge in [0.25, 0.3) is 15.9 Å². The third-order valence-electron chi connectivity index (χ3n) is 5.33. The smallest absolute Gasteiger partial charge is 0.271 e. The van der Waals surface area contributed by atoms with Crippen molar-refractivity contribution in [2.75, 3.05) is 6.61 Å². The molecule has 10 heteroatoms. The number of ether oxygens (including phenoxy) is 1. The summed E-state index contributed by atoms with van der Waals surface area (Å²) in [7, 11) is -4.48. The molecule has 1 aromatic heterocycles. The molecule has 0 fully saturated rings. The van der Waals surface area contributed by atoms with Crippen LogP contribution in [0.1, 0.15) is 0 Å². The van der Waals surface area contributed by atoms with Gasteiger partial charge in [0, 0.05) is 22.1 Å². The Morgan fingerprint density at radius 1 is 0.917 bits per heavy atom. The minimum Gasteiger partial charge on any atom is -0.483 e. The average molecular weight is 525 g/mol. The van der Waals surface area contributed by atoms with Gasteiger partial charge in [-0.05, 0) is 47.2 Å². The van der Waals surface area contributed by atoms with Crippen molar-refractivity contribution in [2.24, 2.45) is 0 Å². The second-order valence-corrected chi connectivity index (χ2v) is 10.7. The van der Waals surface area contributed by atoms with Gasteiger partial charge in [-0.25, -0.2) is 21.9 Å². The molecule has 0 aliphatic rings. The van der Waals surface area contributed by atoms with Gasteiger partial charge in [-0.2, -0.15) is 0 Å². The summed E-state index contributed by atoms with van der Waals surface area (Å²) in [4.78, 5) is 16.7. The molecule has 0 saturated heterocycles. The molecule has 2 N–H and O–H groups in total. The van der Waals surface area contributed by atoms with E-state index in [9.17, 15) is 22.0 Å². The van der Waals surface area contributed by atoms with Gasteiger partial charge in [-0.1, -0.05) is 48.2 Å². The van der Waals surface area contributed by atoms with Crippen LogP contribution in [0.4, 0.5) is 8.78 Å². The predicted octanol–water partition coefficient (Wildman–Crippen LogP) is 5.63. The summed E-state index contributed by atoms with van der Waals surface area (Å²) in [5.74, 6) is -2.76. The number of hydrogen-bond acceptors (Lipinski definition) is 5. The molecule has 36 heavy (non-hydrogen) atoms. The van der Waals surface area contributed by atoms with Crippen molar-refractivity contribution < 1.29 is 26.7 Å². The molecule has 0 saturated carbocycles. The van der Waals surface area contributed by atoms with E-state index in [-0.39, 0.29) is 0 Å². The number of halogens is 2. The molecule has 0 radical (unpaired) electrons. The summed E-state index contributed by atoms with van der Waals surface area (Å²) in [6.07, 6.45) is 1.83. The van der Waals surface area contributed by atoms with Crippen LogP contribution in [0.3, 0.4) is 0 Å². The fourth-order valence-electron chi connectivity index (χ4n) is 3.74. The third-order valence-corrected chi connectivity index (χ3v) is 7.72. The van der Waals surface area contributed by atoms with Gasteiger partial charge in [-0.15, -0.1) is 0 Å². The molecule has 0 bridgehead atoms. The van der Waals surface area contributed by atoms with E-state index in [4.69, 9.17) is 4.74 Å². The second-order valence-electron chi connectivity index (χ2n) is 7.87. The Kier molecular flexibility index (Phi) is 6.38. The summed E-state index contributed by atoms with van der Waals surface area (Å²) in [6, 6.07) is 21.2. The number of aromatic nitrogens is 1. The number of amides is 1. The lowest BCUT2D eigenvalue weighted by molar-refractivity contribution is -0.121. The molecule has 1 amide bonds. The normalized spacial score (nSPS) is 11.6. The van der Waals surface area contributed by atoms with Crippen LogP contribution in [-0.4, -0.2) is 25.9 Å². The Labute approximate surface area is 209 Å². The highest BCUT2D eigenvalue weighted by Crippen LogP contribution is 2.39. The molecule has 5 rings (SSSR count). The van der Waals surface area contributed by atoms with Crippen LogP contribution in [-0.2, 0) is 14.8 Å². The highest BCUT2D eigenvalue weighted by molar-refractivity contribution is 7.99. The molecule has 4 aromatic carbocycles. The van der Waals surface area contributed by atoms with Crippen LogP contribution in [0.25, 0.3) is 21.7 Å². The van der Waals surface area contributed by atoms with Crippen molar-refractivity contribution in [3.05, 3.63) is 96.7 Å². The number of hydrogen-bond donors (Lipinski definition) is 2. The zero-order chi connectivity index (χ0) is 25.3. The Morgan fingerprint density at radius 2 is 1.67 bits per heavy atom. The van der Waals surface area contributed by atoms with Gasteiger partial charge in [0.15, 0.2) is 6.61 Å². The lowest BCUT2D eigenvalue weighted by Gasteiger charge is -2.11. The number of benzene rings is 4. The number of H-pyrrole nitrogens is 1. The van der Waals surface area contributed by atoms with Gasteiger partial charge in [0.05, 0.1) is 15.8 Å². The number of fused-ring (bicyclic) bond motifs is 2. The van der Waals surface area contributed by atoms with E-state index >= 15 is 0 Å². The molecule has 0 atom stereocenters. The molecule has 0 aliphatic carbocycles. The first-order chi connectivity index (χ1) is 17.3. The third kappa shape index (κ3) is 5.05. The minimum absolute atomic E-state index is 0.376. The maximum Gasteiger partial charge on any atom is 0.271 e. The molecule has 5 aromatic rings. The molecule has 6 nitrogen and oxygen atoms in total. The van der Waals surface area contributed by atoms with Gasteiger partial charge in [-0.3, -0.25) is 4.79 Å². The average Bonchev–Trinajstić information content (AvgIpc) is 3.25. The molecular weight excluding hydrogens is 506 g/mol. The van der Waals surface area contributed by atoms with Gasteiger partial charge < -0.3 is 9.72 Å². The van der Waals surface area contributed by atoms with Crippen LogP contribution < -0.4 is 9.46 Å². The van der Waals surface area contributed by atoms with Crippen molar-refractivity contribution in [1.82, 2.24) is 9.71 Å². The van der Waals surface area contributed by atoms with Crippen LogP contribution in [0.2, 0.25) is 0 Å². The lowest BCUT2D eigenvalue weighted by Crippen LogP contribution is -2.34. The maximum absolute atomic E-state index is 13.4. The first-order valence-corrected chi connectivity index (χ1v) is 13.0. The first kappa shape index (κ1) is 23.8. The van der Waals surface area contributed by atoms with Gasteiger partial charge in [0.1, 0.15) is 17.4 Å². The van der Waals surface area contributed by atoms with Gasteiger partial charge in [0.2, 0.25) is 0 Å². The Hall–Kier alpha value is -3.89. The highest BCUT2D eigenvalue weighted by Gasteiger charge is 2.20. The molecule has 1 heterocycles. The standard InChI is InChI=1S/C26H18F2N2O4S2/c27-18-11-19(28)13-21(12-18)36(32,33)30-25(31)15-34-23-7-3-6-22-26(23)24(14-29-22)35-20-9-8-16-4-1-2-5-17(16)10-20/h1-14,29H,15H2,(H,30,31).